The van der Waals surface area contributed by atoms with Gasteiger partial charge in [0.05, 0.1) is 6.54 Å². The van der Waals surface area contributed by atoms with Crippen molar-refractivity contribution < 1.29 is 13.6 Å². The van der Waals surface area contributed by atoms with Gasteiger partial charge in [-0.05, 0) is 6.07 Å². The van der Waals surface area contributed by atoms with Crippen molar-refractivity contribution in [3.63, 3.8) is 0 Å². The number of carbonyl (C=O) groups excluding carboxylic acids is 1. The van der Waals surface area contributed by atoms with E-state index in [0.717, 1.165) is 6.07 Å². The summed E-state index contributed by atoms with van der Waals surface area (Å²) >= 11 is 0. The summed E-state index contributed by atoms with van der Waals surface area (Å²) in [7, 11) is 0. The van der Waals surface area contributed by atoms with Crippen LogP contribution in [0.25, 0.3) is 0 Å². The van der Waals surface area contributed by atoms with Gasteiger partial charge in [0.25, 0.3) is 6.43 Å². The zero-order valence-corrected chi connectivity index (χ0v) is 11.8. The van der Waals surface area contributed by atoms with Crippen molar-refractivity contribution in [1.29, 1.82) is 0 Å². The Bertz CT molecular complexity index is 605. The minimum Gasteiger partial charge on any atom is -0.349 e. The van der Waals surface area contributed by atoms with Crippen molar-refractivity contribution in [3.05, 3.63) is 23.8 Å². The number of halogens is 2. The molecule has 1 aromatic heterocycles. The van der Waals surface area contributed by atoms with Crippen molar-refractivity contribution in [2.45, 2.75) is 44.3 Å². The molecule has 1 amide bonds. The molecule has 1 N–H and O–H groups in total. The summed E-state index contributed by atoms with van der Waals surface area (Å²) in [4.78, 5) is 19.3. The largest absolute Gasteiger partial charge is 0.349 e. The van der Waals surface area contributed by atoms with E-state index in [2.05, 4.69) is 31.4 Å². The van der Waals surface area contributed by atoms with Gasteiger partial charge in [-0.1, -0.05) is 0 Å². The van der Waals surface area contributed by atoms with E-state index in [1.54, 1.807) is 0 Å². The van der Waals surface area contributed by atoms with Crippen LogP contribution >= 0.6 is 0 Å². The highest BCUT2D eigenvalue weighted by Crippen LogP contribution is 2.37. The lowest BCUT2D eigenvalue weighted by atomic mass is 10.0. The lowest BCUT2D eigenvalue weighted by Gasteiger charge is -2.09. The molecule has 116 valence electrons. The lowest BCUT2D eigenvalue weighted by molar-refractivity contribution is -0.121. The highest BCUT2D eigenvalue weighted by Gasteiger charge is 2.39. The molecule has 0 radical (unpaired) electrons. The molecular weight excluding hydrogens is 292 g/mol. The Morgan fingerprint density at radius 1 is 1.41 bits per heavy atom. The summed E-state index contributed by atoms with van der Waals surface area (Å²) in [6.07, 6.45) is 5.67. The molecule has 0 unspecified atom stereocenters. The number of rotatable bonds is 8. The van der Waals surface area contributed by atoms with E-state index in [-0.39, 0.29) is 30.4 Å². The van der Waals surface area contributed by atoms with Crippen LogP contribution < -0.4 is 5.32 Å². The van der Waals surface area contributed by atoms with E-state index in [1.807, 2.05) is 0 Å². The van der Waals surface area contributed by atoms with Gasteiger partial charge in [0, 0.05) is 31.9 Å². The average Bonchev–Trinajstić information content (AvgIpc) is 3.30. The van der Waals surface area contributed by atoms with Gasteiger partial charge in [-0.15, -0.1) is 12.3 Å². The van der Waals surface area contributed by atoms with Crippen molar-refractivity contribution in [2.24, 2.45) is 10.2 Å². The predicted molar refractivity (Wildman–Crippen MR) is 73.7 cm³/mol. The van der Waals surface area contributed by atoms with E-state index in [4.69, 9.17) is 6.42 Å². The molecule has 8 heteroatoms. The molecule has 0 aromatic carbocycles. The van der Waals surface area contributed by atoms with E-state index < -0.39 is 12.1 Å². The van der Waals surface area contributed by atoms with Crippen molar-refractivity contribution in [1.82, 2.24) is 15.3 Å². The fourth-order valence-corrected chi connectivity index (χ4v) is 1.87. The zero-order chi connectivity index (χ0) is 16.0. The second-order valence-corrected chi connectivity index (χ2v) is 4.86. The van der Waals surface area contributed by atoms with Crippen LogP contribution in [0.15, 0.2) is 22.5 Å². The average molecular weight is 307 g/mol. The Morgan fingerprint density at radius 3 is 2.82 bits per heavy atom. The second-order valence-electron chi connectivity index (χ2n) is 4.86. The number of aromatic nitrogens is 2. The number of hydrogen-bond acceptors (Lipinski definition) is 5. The number of nitrogens with zero attached hydrogens (tertiary/aromatic N) is 4. The minimum absolute atomic E-state index is 0.00499. The Balaban J connectivity index is 1.74. The van der Waals surface area contributed by atoms with Crippen LogP contribution in [0, 0.1) is 12.3 Å². The van der Waals surface area contributed by atoms with Crippen LogP contribution in [-0.4, -0.2) is 21.5 Å². The molecule has 0 saturated carbocycles. The Morgan fingerprint density at radius 2 is 2.18 bits per heavy atom. The smallest absolute Gasteiger partial charge is 0.280 e. The van der Waals surface area contributed by atoms with Crippen LogP contribution in [0.5, 0.6) is 0 Å². The van der Waals surface area contributed by atoms with Gasteiger partial charge < -0.3 is 5.32 Å². The van der Waals surface area contributed by atoms with Gasteiger partial charge in [-0.25, -0.2) is 18.7 Å². The van der Waals surface area contributed by atoms with Gasteiger partial charge in [-0.2, -0.15) is 10.2 Å². The molecule has 0 bridgehead atoms. The van der Waals surface area contributed by atoms with Crippen molar-refractivity contribution in [2.75, 3.05) is 0 Å². The Labute approximate surface area is 126 Å². The molecular formula is C14H15F2N5O. The highest BCUT2D eigenvalue weighted by atomic mass is 19.3. The summed E-state index contributed by atoms with van der Waals surface area (Å²) < 4.78 is 25.0. The molecule has 1 aliphatic heterocycles. The molecule has 2 rings (SSSR count). The van der Waals surface area contributed by atoms with E-state index in [1.165, 1.54) is 6.20 Å². The Hall–Kier alpha value is -2.43. The fourth-order valence-electron chi connectivity index (χ4n) is 1.87. The minimum atomic E-state index is -2.66. The highest BCUT2D eigenvalue weighted by molar-refractivity contribution is 5.75. The van der Waals surface area contributed by atoms with Crippen LogP contribution in [0.3, 0.4) is 0 Å². The number of alkyl halides is 2. The summed E-state index contributed by atoms with van der Waals surface area (Å²) in [6, 6.07) is 1.14. The molecule has 6 nitrogen and oxygen atoms in total. The van der Waals surface area contributed by atoms with Gasteiger partial charge in [0.2, 0.25) is 5.91 Å². The molecule has 2 heterocycles. The van der Waals surface area contributed by atoms with E-state index >= 15 is 0 Å². The molecule has 0 aliphatic carbocycles. The van der Waals surface area contributed by atoms with Gasteiger partial charge in [0.15, 0.2) is 5.66 Å². The normalized spacial score (nSPS) is 14.6. The maximum atomic E-state index is 12.5. The molecule has 1 aliphatic rings. The van der Waals surface area contributed by atoms with E-state index in [9.17, 15) is 13.6 Å². The number of nitrogens with one attached hydrogen (secondary N) is 1. The Kier molecular flexibility index (Phi) is 5.09. The van der Waals surface area contributed by atoms with Crippen LogP contribution in [0.4, 0.5) is 8.78 Å². The summed E-state index contributed by atoms with van der Waals surface area (Å²) in [5.41, 5.74) is -0.862. The lowest BCUT2D eigenvalue weighted by Crippen LogP contribution is -2.25. The topological polar surface area (TPSA) is 79.6 Å². The zero-order valence-electron chi connectivity index (χ0n) is 11.8. The van der Waals surface area contributed by atoms with Crippen molar-refractivity contribution in [3.8, 4) is 12.3 Å². The molecule has 1 aromatic rings. The fraction of sp³-hybridized carbons (Fsp3) is 0.500. The first-order valence-electron chi connectivity index (χ1n) is 6.79. The third-order valence-corrected chi connectivity index (χ3v) is 3.20. The molecule has 0 fully saturated rings. The summed E-state index contributed by atoms with van der Waals surface area (Å²) in [5, 5.41) is 10.5. The first-order chi connectivity index (χ1) is 10.5. The second kappa shape index (κ2) is 7.02. The molecule has 0 atom stereocenters. The molecule has 22 heavy (non-hydrogen) atoms. The van der Waals surface area contributed by atoms with Crippen molar-refractivity contribution >= 4 is 5.91 Å². The molecule has 0 spiro atoms. The SMILES string of the molecule is C#CCCC1(CCC(=O)NCc2nccc(C(F)F)n2)N=N1. The van der Waals surface area contributed by atoms with Crippen LogP contribution in [-0.2, 0) is 11.3 Å². The summed E-state index contributed by atoms with van der Waals surface area (Å²) in [6.45, 7) is 0.00499. The standard InChI is InChI=1S/C14H15F2N5O/c1-2-3-6-14(20-21-14)7-4-12(22)18-9-11-17-8-5-10(19-11)13(15)16/h1,5,8,13H,3-4,6-7,9H2,(H,18,22). The number of terminal acetylenes is 1. The van der Waals surface area contributed by atoms with E-state index in [0.29, 0.717) is 19.3 Å². The maximum Gasteiger partial charge on any atom is 0.280 e. The predicted octanol–water partition coefficient (Wildman–Crippen LogP) is 2.39. The monoisotopic (exact) mass is 307 g/mol. The summed E-state index contributed by atoms with van der Waals surface area (Å²) in [5.74, 6) is 2.43. The number of amides is 1. The van der Waals surface area contributed by atoms with Gasteiger partial charge >= 0.3 is 0 Å². The third-order valence-electron chi connectivity index (χ3n) is 3.20. The first-order valence-corrected chi connectivity index (χ1v) is 6.79. The van der Waals surface area contributed by atoms with Gasteiger partial charge in [0.1, 0.15) is 11.5 Å². The van der Waals surface area contributed by atoms with Gasteiger partial charge in [-0.3, -0.25) is 4.79 Å². The number of carbonyl (C=O) groups is 1. The quantitative estimate of drug-likeness (QED) is 0.749. The molecule has 0 saturated heterocycles. The van der Waals surface area contributed by atoms with Crippen LogP contribution in [0.1, 0.15) is 43.6 Å². The first kappa shape index (κ1) is 15.9. The number of hydrogen-bond donors (Lipinski definition) is 1. The third kappa shape index (κ3) is 4.55. The maximum absolute atomic E-state index is 12.5. The van der Waals surface area contributed by atoms with Crippen LogP contribution in [0.2, 0.25) is 0 Å².